The fourth-order valence-electron chi connectivity index (χ4n) is 4.07. The second-order valence-electron chi connectivity index (χ2n) is 8.02. The van der Waals surface area contributed by atoms with Gasteiger partial charge >= 0.3 is 0 Å². The quantitative estimate of drug-likeness (QED) is 0.386. The topological polar surface area (TPSA) is 102 Å². The van der Waals surface area contributed by atoms with Crippen molar-refractivity contribution in [1.82, 2.24) is 25.9 Å². The Labute approximate surface area is 176 Å². The number of carbonyl (C=O) groups excluding carboxylic acids is 1. The zero-order valence-electron chi connectivity index (χ0n) is 17.1. The molecule has 7 nitrogen and oxygen atoms in total. The Morgan fingerprint density at radius 1 is 1.30 bits per heavy atom. The van der Waals surface area contributed by atoms with Crippen LogP contribution < -0.4 is 16.0 Å². The highest BCUT2D eigenvalue weighted by Crippen LogP contribution is 2.27. The molecule has 1 aliphatic heterocycles. The molecule has 4 rings (SSSR count). The summed E-state index contributed by atoms with van der Waals surface area (Å²) in [6.45, 7) is 3.08. The number of nitrogens with zero attached hydrogens (tertiary/aromatic N) is 1. The number of hydrogen-bond donors (Lipinski definition) is 5. The third kappa shape index (κ3) is 4.87. The van der Waals surface area contributed by atoms with E-state index in [0.717, 1.165) is 36.0 Å². The Bertz CT molecular complexity index is 941. The van der Waals surface area contributed by atoms with Crippen LogP contribution in [0.25, 0.3) is 10.9 Å². The van der Waals surface area contributed by atoms with Crippen LogP contribution in [0.3, 0.4) is 0 Å². The Morgan fingerprint density at radius 2 is 2.13 bits per heavy atom. The van der Waals surface area contributed by atoms with E-state index in [9.17, 15) is 9.90 Å². The Kier molecular flexibility index (Phi) is 6.42. The van der Waals surface area contributed by atoms with Crippen LogP contribution in [0.1, 0.15) is 36.9 Å². The molecule has 7 heteroatoms. The minimum absolute atomic E-state index is 0.0688. The van der Waals surface area contributed by atoms with Crippen LogP contribution in [0.15, 0.2) is 54.9 Å². The molecule has 5 N–H and O–H groups in total. The summed E-state index contributed by atoms with van der Waals surface area (Å²) >= 11 is 0. The number of pyridine rings is 1. The Balaban J connectivity index is 1.28. The van der Waals surface area contributed by atoms with E-state index in [4.69, 9.17) is 0 Å². The van der Waals surface area contributed by atoms with Crippen LogP contribution >= 0.6 is 0 Å². The Hall–Kier alpha value is -2.74. The number of nitrogens with one attached hydrogen (secondary N) is 4. The average Bonchev–Trinajstić information content (AvgIpc) is 3.21. The highest BCUT2D eigenvalue weighted by atomic mass is 16.3. The van der Waals surface area contributed by atoms with Crippen molar-refractivity contribution in [3.05, 3.63) is 66.1 Å². The van der Waals surface area contributed by atoms with Crippen LogP contribution in [0, 0.1) is 0 Å². The number of amides is 1. The van der Waals surface area contributed by atoms with Gasteiger partial charge in [-0.25, -0.2) is 0 Å². The molecular formula is C23H29N5O2. The zero-order valence-corrected chi connectivity index (χ0v) is 17.1. The van der Waals surface area contributed by atoms with E-state index < -0.39 is 12.3 Å². The summed E-state index contributed by atoms with van der Waals surface area (Å²) in [4.78, 5) is 20.2. The van der Waals surface area contributed by atoms with Crippen LogP contribution in [-0.2, 0) is 11.3 Å². The first-order chi connectivity index (χ1) is 14.6. The number of aliphatic hydroxyl groups is 1. The summed E-state index contributed by atoms with van der Waals surface area (Å²) in [5, 5.41) is 20.8. The fourth-order valence-corrected chi connectivity index (χ4v) is 4.07. The van der Waals surface area contributed by atoms with Gasteiger partial charge in [-0.2, -0.15) is 0 Å². The number of rotatable bonds is 7. The van der Waals surface area contributed by atoms with Crippen LogP contribution in [-0.4, -0.2) is 45.8 Å². The third-order valence-electron chi connectivity index (χ3n) is 5.81. The van der Waals surface area contributed by atoms with E-state index in [1.165, 1.54) is 5.56 Å². The van der Waals surface area contributed by atoms with E-state index in [0.29, 0.717) is 12.5 Å². The molecule has 0 radical (unpaired) electrons. The Morgan fingerprint density at radius 3 is 2.93 bits per heavy atom. The SMILES string of the molecule is C[C@H](NC(=O)[C@H]1C[C@@H](c2ccccc2)CCN1)C(O)NCc1cc2cnccc2[nH]1. The number of H-pyrrole nitrogens is 1. The fraction of sp³-hybridized carbons (Fsp3) is 0.391. The van der Waals surface area contributed by atoms with Gasteiger partial charge in [0.15, 0.2) is 0 Å². The number of aromatic amines is 1. The van der Waals surface area contributed by atoms with Gasteiger partial charge in [-0.15, -0.1) is 0 Å². The van der Waals surface area contributed by atoms with Crippen molar-refractivity contribution in [2.24, 2.45) is 0 Å². The van der Waals surface area contributed by atoms with Crippen molar-refractivity contribution < 1.29 is 9.90 Å². The van der Waals surface area contributed by atoms with E-state index in [1.807, 2.05) is 37.3 Å². The van der Waals surface area contributed by atoms with Gasteiger partial charge in [0.05, 0.1) is 12.1 Å². The molecule has 3 heterocycles. The summed E-state index contributed by atoms with van der Waals surface area (Å²) in [6, 6.07) is 13.6. The number of aromatic nitrogens is 2. The number of aliphatic hydroxyl groups excluding tert-OH is 1. The molecule has 1 saturated heterocycles. The predicted molar refractivity (Wildman–Crippen MR) is 117 cm³/mol. The number of hydrogen-bond acceptors (Lipinski definition) is 5. The van der Waals surface area contributed by atoms with Gasteiger partial charge < -0.3 is 20.7 Å². The smallest absolute Gasteiger partial charge is 0.237 e. The predicted octanol–water partition coefficient (Wildman–Crippen LogP) is 2.01. The largest absolute Gasteiger partial charge is 0.376 e. The number of piperidine rings is 1. The van der Waals surface area contributed by atoms with Crippen molar-refractivity contribution >= 4 is 16.8 Å². The van der Waals surface area contributed by atoms with Gasteiger partial charge in [-0.3, -0.25) is 15.1 Å². The first-order valence-electron chi connectivity index (χ1n) is 10.5. The van der Waals surface area contributed by atoms with Gasteiger partial charge in [-0.05, 0) is 49.9 Å². The molecule has 0 saturated carbocycles. The van der Waals surface area contributed by atoms with Crippen molar-refractivity contribution in [3.8, 4) is 0 Å². The van der Waals surface area contributed by atoms with Crippen LogP contribution in [0.4, 0.5) is 0 Å². The standard InChI is InChI=1S/C23H29N5O2/c1-15(22(29)26-14-19-11-18-13-24-9-8-20(18)28-19)27-23(30)21-12-17(7-10-25-21)16-5-3-2-4-6-16/h2-6,8-9,11,13,15,17,21-22,25-26,28-29H,7,10,12,14H2,1H3,(H,27,30)/t15-,17-,21+,22?/m0/s1. The molecule has 1 aromatic carbocycles. The summed E-state index contributed by atoms with van der Waals surface area (Å²) in [5.74, 6) is 0.304. The minimum Gasteiger partial charge on any atom is -0.376 e. The zero-order chi connectivity index (χ0) is 20.9. The molecule has 158 valence electrons. The van der Waals surface area contributed by atoms with Crippen LogP contribution in [0.5, 0.6) is 0 Å². The van der Waals surface area contributed by atoms with Crippen LogP contribution in [0.2, 0.25) is 0 Å². The maximum absolute atomic E-state index is 12.8. The first-order valence-corrected chi connectivity index (χ1v) is 10.5. The first kappa shape index (κ1) is 20.5. The highest BCUT2D eigenvalue weighted by molar-refractivity contribution is 5.82. The molecule has 1 aliphatic rings. The lowest BCUT2D eigenvalue weighted by Gasteiger charge is -2.31. The monoisotopic (exact) mass is 407 g/mol. The van der Waals surface area contributed by atoms with Gasteiger partial charge in [0.25, 0.3) is 0 Å². The lowest BCUT2D eigenvalue weighted by molar-refractivity contribution is -0.125. The second-order valence-corrected chi connectivity index (χ2v) is 8.02. The molecule has 0 aliphatic carbocycles. The van der Waals surface area contributed by atoms with E-state index in [-0.39, 0.29) is 11.9 Å². The molecule has 3 aromatic rings. The second kappa shape index (κ2) is 9.38. The molecule has 2 aromatic heterocycles. The molecular weight excluding hydrogens is 378 g/mol. The maximum atomic E-state index is 12.8. The van der Waals surface area contributed by atoms with Crippen molar-refractivity contribution in [2.75, 3.05) is 6.54 Å². The number of benzene rings is 1. The normalized spacial score (nSPS) is 21.3. The van der Waals surface area contributed by atoms with E-state index in [1.54, 1.807) is 12.4 Å². The maximum Gasteiger partial charge on any atom is 0.237 e. The molecule has 0 bridgehead atoms. The summed E-state index contributed by atoms with van der Waals surface area (Å²) in [7, 11) is 0. The third-order valence-corrected chi connectivity index (χ3v) is 5.81. The highest BCUT2D eigenvalue weighted by Gasteiger charge is 2.29. The lowest BCUT2D eigenvalue weighted by Crippen LogP contribution is -2.54. The van der Waals surface area contributed by atoms with Gasteiger partial charge in [0, 0.05) is 35.5 Å². The molecule has 4 atom stereocenters. The van der Waals surface area contributed by atoms with E-state index >= 15 is 0 Å². The number of fused-ring (bicyclic) bond motifs is 1. The van der Waals surface area contributed by atoms with Crippen molar-refractivity contribution in [1.29, 1.82) is 0 Å². The molecule has 30 heavy (non-hydrogen) atoms. The lowest BCUT2D eigenvalue weighted by atomic mass is 9.86. The summed E-state index contributed by atoms with van der Waals surface area (Å²) in [5.41, 5.74) is 3.24. The van der Waals surface area contributed by atoms with Gasteiger partial charge in [0.2, 0.25) is 5.91 Å². The summed E-state index contributed by atoms with van der Waals surface area (Å²) < 4.78 is 0. The minimum atomic E-state index is -0.855. The molecule has 1 fully saturated rings. The van der Waals surface area contributed by atoms with E-state index in [2.05, 4.69) is 38.1 Å². The van der Waals surface area contributed by atoms with Crippen molar-refractivity contribution in [3.63, 3.8) is 0 Å². The molecule has 0 spiro atoms. The average molecular weight is 408 g/mol. The molecule has 1 unspecified atom stereocenters. The van der Waals surface area contributed by atoms with Gasteiger partial charge in [-0.1, -0.05) is 30.3 Å². The van der Waals surface area contributed by atoms with Crippen molar-refractivity contribution in [2.45, 2.75) is 50.5 Å². The number of carbonyl (C=O) groups is 1. The molecule has 1 amide bonds. The summed E-state index contributed by atoms with van der Waals surface area (Å²) in [6.07, 6.45) is 4.47. The van der Waals surface area contributed by atoms with Gasteiger partial charge in [0.1, 0.15) is 6.23 Å².